The average Bonchev–Trinajstić information content (AvgIpc) is 2.96. The van der Waals surface area contributed by atoms with Crippen molar-refractivity contribution in [2.75, 3.05) is 13.1 Å². The molecule has 1 aliphatic heterocycles. The fourth-order valence-electron chi connectivity index (χ4n) is 2.89. The molecule has 1 saturated heterocycles. The van der Waals surface area contributed by atoms with E-state index in [1.807, 2.05) is 0 Å². The summed E-state index contributed by atoms with van der Waals surface area (Å²) in [5.41, 5.74) is 0. The topological polar surface area (TPSA) is 12.5 Å². The Hall–Kier alpha value is -0.350. The Kier molecular flexibility index (Phi) is 7.48. The van der Waals surface area contributed by atoms with Gasteiger partial charge in [-0.05, 0) is 39.8 Å². The highest BCUT2D eigenvalue weighted by Gasteiger charge is 2.62. The summed E-state index contributed by atoms with van der Waals surface area (Å²) in [4.78, 5) is 0.767. The van der Waals surface area contributed by atoms with Gasteiger partial charge in [0.25, 0.3) is 6.17 Å². The number of nitrogens with zero attached hydrogens (tertiary/aromatic N) is 1. The second-order valence-electron chi connectivity index (χ2n) is 6.51. The second kappa shape index (κ2) is 8.18. The van der Waals surface area contributed by atoms with Crippen molar-refractivity contribution in [1.29, 1.82) is 0 Å². The number of ether oxygens (including phenoxy) is 1. The van der Waals surface area contributed by atoms with Crippen LogP contribution in [0.2, 0.25) is 0 Å². The van der Waals surface area contributed by atoms with Gasteiger partial charge in [-0.15, -0.1) is 0 Å². The summed E-state index contributed by atoms with van der Waals surface area (Å²) in [6.07, 6.45) is -19.9. The average molecular weight is 439 g/mol. The van der Waals surface area contributed by atoms with E-state index in [1.54, 1.807) is 0 Å². The molecule has 1 heterocycles. The lowest BCUT2D eigenvalue weighted by molar-refractivity contribution is -0.281. The minimum absolute atomic E-state index is 0.0939. The van der Waals surface area contributed by atoms with E-state index in [0.717, 1.165) is 4.90 Å². The molecule has 6 atom stereocenters. The molecule has 0 radical (unpaired) electrons. The summed E-state index contributed by atoms with van der Waals surface area (Å²) in [6, 6.07) is -2.74. The van der Waals surface area contributed by atoms with Crippen molar-refractivity contribution in [2.24, 2.45) is 0 Å². The quantitative estimate of drug-likeness (QED) is 0.414. The molecule has 0 N–H and O–H groups in total. The molecule has 0 saturated carbocycles. The van der Waals surface area contributed by atoms with E-state index in [4.69, 9.17) is 0 Å². The van der Waals surface area contributed by atoms with Crippen LogP contribution in [0.5, 0.6) is 0 Å². The van der Waals surface area contributed by atoms with Crippen LogP contribution in [-0.2, 0) is 4.74 Å². The summed E-state index contributed by atoms with van der Waals surface area (Å²) in [5, 5.41) is -3.35. The molecular formula is C14H20F10NOP. The van der Waals surface area contributed by atoms with Crippen LogP contribution in [0, 0.1) is 0 Å². The number of alkyl halides is 10. The molecule has 1 fully saturated rings. The zero-order chi connectivity index (χ0) is 21.4. The third kappa shape index (κ3) is 5.59. The molecule has 13 heteroatoms. The van der Waals surface area contributed by atoms with Crippen molar-refractivity contribution in [1.82, 2.24) is 4.90 Å². The molecule has 0 aromatic rings. The minimum Gasteiger partial charge on any atom is -0.365 e. The molecule has 0 aromatic heterocycles. The third-order valence-corrected chi connectivity index (χ3v) is 5.22. The molecular weight excluding hydrogens is 419 g/mol. The van der Waals surface area contributed by atoms with Gasteiger partial charge in [-0.3, -0.25) is 4.90 Å². The summed E-state index contributed by atoms with van der Waals surface area (Å²) >= 11 is 0. The predicted octanol–water partition coefficient (Wildman–Crippen LogP) is 4.88. The highest BCUT2D eigenvalue weighted by atomic mass is 31.0. The van der Waals surface area contributed by atoms with E-state index in [0.29, 0.717) is 26.7 Å². The number of rotatable bonds is 7. The van der Waals surface area contributed by atoms with Crippen molar-refractivity contribution in [3.63, 3.8) is 0 Å². The van der Waals surface area contributed by atoms with Crippen LogP contribution < -0.4 is 0 Å². The van der Waals surface area contributed by atoms with Gasteiger partial charge in [-0.1, -0.05) is 9.24 Å². The summed E-state index contributed by atoms with van der Waals surface area (Å²) in [5.74, 6) is -5.12. The van der Waals surface area contributed by atoms with Crippen molar-refractivity contribution in [2.45, 2.75) is 74.8 Å². The Morgan fingerprint density at radius 3 is 1.63 bits per heavy atom. The van der Waals surface area contributed by atoms with Crippen molar-refractivity contribution < 1.29 is 48.6 Å². The van der Waals surface area contributed by atoms with E-state index in [1.165, 1.54) is 9.24 Å². The Morgan fingerprint density at radius 2 is 1.26 bits per heavy atom. The number of hydrogen-bond donors (Lipinski definition) is 0. The SMILES string of the molecule is CC(OC(C)C(F)(P)C(N1CCCC1)C(F)(F)F)C(F)(F)C(F)C(F)(F)F. The van der Waals surface area contributed by atoms with E-state index < -0.39 is 48.1 Å². The van der Waals surface area contributed by atoms with Crippen LogP contribution in [0.3, 0.4) is 0 Å². The van der Waals surface area contributed by atoms with Gasteiger partial charge in [0, 0.05) is 0 Å². The molecule has 1 rings (SSSR count). The smallest absolute Gasteiger partial charge is 0.365 e. The summed E-state index contributed by atoms with van der Waals surface area (Å²) < 4.78 is 136. The standard InChI is InChI=1S/C14H20F10NOP/c1-7(11(16,17)9(15)13(19,20)21)26-8(2)12(18,27)10(14(22,23)24)25-5-3-4-6-25/h7-10H,3-6,27H2,1-2H3. The Balaban J connectivity index is 3.02. The third-order valence-electron chi connectivity index (χ3n) is 4.43. The van der Waals surface area contributed by atoms with Crippen molar-refractivity contribution >= 4 is 9.24 Å². The maximum absolute atomic E-state index is 15.0. The normalized spacial score (nSPS) is 24.3. The maximum atomic E-state index is 15.0. The molecule has 2 nitrogen and oxygen atoms in total. The van der Waals surface area contributed by atoms with Gasteiger partial charge in [-0.25, -0.2) is 17.6 Å². The number of halogens is 10. The molecule has 0 aliphatic carbocycles. The van der Waals surface area contributed by atoms with E-state index in [2.05, 4.69) is 4.74 Å². The zero-order valence-corrected chi connectivity index (χ0v) is 15.5. The van der Waals surface area contributed by atoms with Gasteiger partial charge in [0.05, 0.1) is 6.10 Å². The molecule has 27 heavy (non-hydrogen) atoms. The van der Waals surface area contributed by atoms with Crippen LogP contribution in [-0.4, -0.2) is 66.1 Å². The zero-order valence-electron chi connectivity index (χ0n) is 14.4. The molecule has 0 aromatic carbocycles. The predicted molar refractivity (Wildman–Crippen MR) is 80.1 cm³/mol. The largest absolute Gasteiger partial charge is 0.425 e. The van der Waals surface area contributed by atoms with Gasteiger partial charge >= 0.3 is 18.3 Å². The van der Waals surface area contributed by atoms with Gasteiger partial charge in [0.2, 0.25) is 0 Å². The fraction of sp³-hybridized carbons (Fsp3) is 1.00. The Bertz CT molecular complexity index is 489. The molecule has 0 bridgehead atoms. The van der Waals surface area contributed by atoms with E-state index in [9.17, 15) is 43.9 Å². The molecule has 6 unspecified atom stereocenters. The monoisotopic (exact) mass is 439 g/mol. The highest BCUT2D eigenvalue weighted by molar-refractivity contribution is 7.18. The van der Waals surface area contributed by atoms with Gasteiger partial charge in [0.1, 0.15) is 12.1 Å². The van der Waals surface area contributed by atoms with Crippen LogP contribution in [0.25, 0.3) is 0 Å². The number of hydrogen-bond acceptors (Lipinski definition) is 2. The molecule has 0 spiro atoms. The van der Waals surface area contributed by atoms with Gasteiger partial charge in [-0.2, -0.15) is 26.3 Å². The van der Waals surface area contributed by atoms with Crippen LogP contribution in [0.15, 0.2) is 0 Å². The van der Waals surface area contributed by atoms with Crippen LogP contribution in [0.4, 0.5) is 43.9 Å². The fourth-order valence-corrected chi connectivity index (χ4v) is 3.36. The van der Waals surface area contributed by atoms with E-state index in [-0.39, 0.29) is 13.1 Å². The second-order valence-corrected chi connectivity index (χ2v) is 7.40. The van der Waals surface area contributed by atoms with Crippen LogP contribution >= 0.6 is 9.24 Å². The first-order valence-electron chi connectivity index (χ1n) is 7.96. The first-order chi connectivity index (χ1) is 11.9. The van der Waals surface area contributed by atoms with Gasteiger partial charge in [0.15, 0.2) is 5.41 Å². The van der Waals surface area contributed by atoms with Crippen molar-refractivity contribution in [3.05, 3.63) is 0 Å². The van der Waals surface area contributed by atoms with Gasteiger partial charge < -0.3 is 4.74 Å². The first-order valence-corrected chi connectivity index (χ1v) is 8.53. The highest BCUT2D eigenvalue weighted by Crippen LogP contribution is 2.45. The lowest BCUT2D eigenvalue weighted by atomic mass is 10.0. The molecule has 1 aliphatic rings. The van der Waals surface area contributed by atoms with Crippen molar-refractivity contribution in [3.8, 4) is 0 Å². The summed E-state index contributed by atoms with van der Waals surface area (Å²) in [6.45, 7) is 0.829. The Morgan fingerprint density at radius 1 is 0.815 bits per heavy atom. The van der Waals surface area contributed by atoms with Crippen LogP contribution in [0.1, 0.15) is 26.7 Å². The summed E-state index contributed by atoms with van der Waals surface area (Å²) in [7, 11) is 1.25. The lowest BCUT2D eigenvalue weighted by Crippen LogP contribution is -2.60. The Labute approximate surface area is 151 Å². The molecule has 0 amide bonds. The maximum Gasteiger partial charge on any atom is 0.425 e. The van der Waals surface area contributed by atoms with E-state index >= 15 is 0 Å². The molecule has 162 valence electrons. The lowest BCUT2D eigenvalue weighted by Gasteiger charge is -2.42. The number of likely N-dealkylation sites (tertiary alicyclic amines) is 1. The minimum atomic E-state index is -5.91. The first kappa shape index (κ1) is 24.7.